The first-order chi connectivity index (χ1) is 12.6. The fraction of sp³-hybridized carbons (Fsp3) is 0.200. The van der Waals surface area contributed by atoms with Crippen LogP contribution in [0.1, 0.15) is 12.5 Å². The molecule has 0 N–H and O–H groups in total. The number of amides is 1. The number of carbonyl (C=O) groups excluding carboxylic acids is 1. The smallest absolute Gasteiger partial charge is 0.280 e. The summed E-state index contributed by atoms with van der Waals surface area (Å²) in [6, 6.07) is 12.9. The zero-order valence-electron chi connectivity index (χ0n) is 15.1. The highest BCUT2D eigenvalue weighted by Crippen LogP contribution is 2.41. The minimum atomic E-state index is -0.189. The van der Waals surface area contributed by atoms with Gasteiger partial charge in [0.2, 0.25) is 5.75 Å². The second kappa shape index (κ2) is 7.31. The molecule has 2 aromatic rings. The Balaban J connectivity index is 2.03. The van der Waals surface area contributed by atoms with Crippen LogP contribution in [0.3, 0.4) is 0 Å². The van der Waals surface area contributed by atoms with Gasteiger partial charge >= 0.3 is 0 Å². The number of methoxy groups -OCH3 is 3. The Morgan fingerprint density at radius 1 is 0.923 bits per heavy atom. The molecule has 1 heterocycles. The summed E-state index contributed by atoms with van der Waals surface area (Å²) >= 11 is 0. The van der Waals surface area contributed by atoms with Crippen molar-refractivity contribution >= 4 is 23.4 Å². The van der Waals surface area contributed by atoms with Gasteiger partial charge in [0.1, 0.15) is 0 Å². The van der Waals surface area contributed by atoms with E-state index in [9.17, 15) is 4.79 Å². The Hall–Kier alpha value is -3.28. The van der Waals surface area contributed by atoms with Gasteiger partial charge in [-0.15, -0.1) is 0 Å². The molecule has 6 heteroatoms. The molecule has 0 bridgehead atoms. The monoisotopic (exact) mass is 352 g/mol. The first-order valence-electron chi connectivity index (χ1n) is 8.06. The number of hydrogen-bond donors (Lipinski definition) is 0. The summed E-state index contributed by atoms with van der Waals surface area (Å²) < 4.78 is 16.2. The molecule has 0 saturated heterocycles. The quantitative estimate of drug-likeness (QED) is 0.773. The summed E-state index contributed by atoms with van der Waals surface area (Å²) in [7, 11) is 4.65. The maximum absolute atomic E-state index is 12.8. The van der Waals surface area contributed by atoms with Gasteiger partial charge in [0.25, 0.3) is 5.91 Å². The van der Waals surface area contributed by atoms with Crippen molar-refractivity contribution in [3.63, 3.8) is 0 Å². The predicted octanol–water partition coefficient (Wildman–Crippen LogP) is 3.52. The van der Waals surface area contributed by atoms with E-state index >= 15 is 0 Å². The fourth-order valence-electron chi connectivity index (χ4n) is 2.82. The number of carbonyl (C=O) groups is 1. The lowest BCUT2D eigenvalue weighted by atomic mass is 10.1. The number of rotatable bonds is 5. The summed E-state index contributed by atoms with van der Waals surface area (Å²) in [5.41, 5.74) is 2.56. The third kappa shape index (κ3) is 3.01. The molecular weight excluding hydrogens is 332 g/mol. The number of benzene rings is 2. The summed E-state index contributed by atoms with van der Waals surface area (Å²) in [6.45, 7) is 1.81. The summed E-state index contributed by atoms with van der Waals surface area (Å²) in [5.74, 6) is 1.34. The molecule has 0 atom stereocenters. The van der Waals surface area contributed by atoms with Crippen LogP contribution in [-0.2, 0) is 4.79 Å². The van der Waals surface area contributed by atoms with Crippen LogP contribution in [0.25, 0.3) is 6.08 Å². The molecule has 0 radical (unpaired) electrons. The molecule has 26 heavy (non-hydrogen) atoms. The molecule has 0 spiro atoms. The maximum Gasteiger partial charge on any atom is 0.280 e. The number of hydrazone groups is 1. The van der Waals surface area contributed by atoms with Crippen molar-refractivity contribution < 1.29 is 19.0 Å². The van der Waals surface area contributed by atoms with Crippen molar-refractivity contribution in [1.82, 2.24) is 0 Å². The van der Waals surface area contributed by atoms with Gasteiger partial charge in [-0.2, -0.15) is 10.1 Å². The van der Waals surface area contributed by atoms with E-state index in [1.54, 1.807) is 40.4 Å². The van der Waals surface area contributed by atoms with Gasteiger partial charge < -0.3 is 14.2 Å². The zero-order valence-corrected chi connectivity index (χ0v) is 15.1. The molecule has 0 aliphatic carbocycles. The first kappa shape index (κ1) is 17.5. The van der Waals surface area contributed by atoms with E-state index in [1.807, 2.05) is 36.4 Å². The molecule has 2 aromatic carbocycles. The van der Waals surface area contributed by atoms with Gasteiger partial charge in [-0.05, 0) is 37.3 Å². The van der Waals surface area contributed by atoms with E-state index in [0.717, 1.165) is 5.69 Å². The summed E-state index contributed by atoms with van der Waals surface area (Å²) in [6.07, 6.45) is 1.75. The van der Waals surface area contributed by atoms with E-state index in [0.29, 0.717) is 34.1 Å². The van der Waals surface area contributed by atoms with Crippen LogP contribution in [0.15, 0.2) is 53.1 Å². The van der Waals surface area contributed by atoms with E-state index in [-0.39, 0.29) is 5.91 Å². The van der Waals surface area contributed by atoms with E-state index in [2.05, 4.69) is 5.10 Å². The third-order valence-corrected chi connectivity index (χ3v) is 4.10. The minimum absolute atomic E-state index is 0.189. The van der Waals surface area contributed by atoms with Crippen LogP contribution in [0, 0.1) is 0 Å². The number of ether oxygens (including phenoxy) is 3. The van der Waals surface area contributed by atoms with Crippen molar-refractivity contribution in [2.45, 2.75) is 6.92 Å². The molecule has 1 aliphatic rings. The number of hydrogen-bond acceptors (Lipinski definition) is 5. The van der Waals surface area contributed by atoms with Crippen LogP contribution in [0.5, 0.6) is 17.2 Å². The van der Waals surface area contributed by atoms with Crippen LogP contribution in [0.4, 0.5) is 5.69 Å². The normalized spacial score (nSPS) is 15.2. The van der Waals surface area contributed by atoms with Gasteiger partial charge in [-0.3, -0.25) is 4.79 Å². The topological polar surface area (TPSA) is 60.4 Å². The second-order valence-electron chi connectivity index (χ2n) is 5.62. The molecule has 0 saturated carbocycles. The second-order valence-corrected chi connectivity index (χ2v) is 5.62. The van der Waals surface area contributed by atoms with Crippen molar-refractivity contribution in [3.05, 3.63) is 53.6 Å². The molecule has 0 fully saturated rings. The summed E-state index contributed by atoms with van der Waals surface area (Å²) in [5, 5.41) is 5.78. The van der Waals surface area contributed by atoms with Gasteiger partial charge in [0.15, 0.2) is 11.5 Å². The fourth-order valence-corrected chi connectivity index (χ4v) is 2.82. The standard InChI is InChI=1S/C20H20N2O4/c1-13-16(20(23)22(21-13)15-8-6-5-7-9-15)12-14-10-11-17(24-2)19(26-4)18(14)25-3/h5-12H,1-4H3/b16-12+. The van der Waals surface area contributed by atoms with Crippen molar-refractivity contribution in [3.8, 4) is 17.2 Å². The molecule has 0 aromatic heterocycles. The molecule has 1 amide bonds. The van der Waals surface area contributed by atoms with Crippen molar-refractivity contribution in [1.29, 1.82) is 0 Å². The average Bonchev–Trinajstić information content (AvgIpc) is 2.96. The lowest BCUT2D eigenvalue weighted by Gasteiger charge is -2.14. The Bertz CT molecular complexity index is 888. The van der Waals surface area contributed by atoms with Crippen molar-refractivity contribution in [2.24, 2.45) is 5.10 Å². The number of anilines is 1. The highest BCUT2D eigenvalue weighted by molar-refractivity contribution is 6.32. The van der Waals surface area contributed by atoms with Crippen LogP contribution < -0.4 is 19.2 Å². The molecule has 134 valence electrons. The largest absolute Gasteiger partial charge is 0.493 e. The Morgan fingerprint density at radius 2 is 1.62 bits per heavy atom. The van der Waals surface area contributed by atoms with Crippen LogP contribution in [-0.4, -0.2) is 32.9 Å². The minimum Gasteiger partial charge on any atom is -0.493 e. The summed E-state index contributed by atoms with van der Waals surface area (Å²) in [4.78, 5) is 12.8. The van der Waals surface area contributed by atoms with Gasteiger partial charge in [-0.1, -0.05) is 18.2 Å². The Kier molecular flexibility index (Phi) is 4.93. The molecule has 6 nitrogen and oxygen atoms in total. The Labute approximate surface area is 152 Å². The third-order valence-electron chi connectivity index (χ3n) is 4.10. The maximum atomic E-state index is 12.8. The van der Waals surface area contributed by atoms with Gasteiger partial charge in [-0.25, -0.2) is 0 Å². The van der Waals surface area contributed by atoms with E-state index in [1.165, 1.54) is 5.01 Å². The zero-order chi connectivity index (χ0) is 18.7. The molecule has 1 aliphatic heterocycles. The van der Waals surface area contributed by atoms with Crippen molar-refractivity contribution in [2.75, 3.05) is 26.3 Å². The number of nitrogens with zero attached hydrogens (tertiary/aromatic N) is 2. The molecule has 3 rings (SSSR count). The first-order valence-corrected chi connectivity index (χ1v) is 8.06. The van der Waals surface area contributed by atoms with Gasteiger partial charge in [0.05, 0.1) is 38.3 Å². The highest BCUT2D eigenvalue weighted by atomic mass is 16.5. The molecular formula is C20H20N2O4. The molecule has 0 unspecified atom stereocenters. The van der Waals surface area contributed by atoms with Crippen LogP contribution >= 0.6 is 0 Å². The highest BCUT2D eigenvalue weighted by Gasteiger charge is 2.29. The number of para-hydroxylation sites is 1. The van der Waals surface area contributed by atoms with Gasteiger partial charge in [0, 0.05) is 5.56 Å². The van der Waals surface area contributed by atoms with E-state index < -0.39 is 0 Å². The van der Waals surface area contributed by atoms with Crippen LogP contribution in [0.2, 0.25) is 0 Å². The Morgan fingerprint density at radius 3 is 2.23 bits per heavy atom. The van der Waals surface area contributed by atoms with E-state index in [4.69, 9.17) is 14.2 Å². The lowest BCUT2D eigenvalue weighted by molar-refractivity contribution is -0.114. The SMILES string of the molecule is COc1ccc(/C=C2/C(=O)N(c3ccccc3)N=C2C)c(OC)c1OC. The average molecular weight is 352 g/mol. The predicted molar refractivity (Wildman–Crippen MR) is 101 cm³/mol. The lowest BCUT2D eigenvalue weighted by Crippen LogP contribution is -2.21.